The minimum absolute atomic E-state index is 0.156. The zero-order chi connectivity index (χ0) is 17.2. The highest BCUT2D eigenvalue weighted by Gasteiger charge is 2.44. The van der Waals surface area contributed by atoms with Crippen molar-refractivity contribution in [2.24, 2.45) is 5.41 Å². The lowest BCUT2D eigenvalue weighted by Crippen LogP contribution is -2.50. The van der Waals surface area contributed by atoms with Gasteiger partial charge in [-0.15, -0.1) is 0 Å². The van der Waals surface area contributed by atoms with Crippen LogP contribution in [0.1, 0.15) is 92.4 Å². The van der Waals surface area contributed by atoms with Gasteiger partial charge in [0.2, 0.25) is 0 Å². The van der Waals surface area contributed by atoms with E-state index in [-0.39, 0.29) is 17.3 Å². The fraction of sp³-hybridized carbons (Fsp3) is 1.00. The molecule has 0 amide bonds. The molecule has 1 aliphatic heterocycles. The zero-order valence-electron chi connectivity index (χ0n) is 16.3. The van der Waals surface area contributed by atoms with Gasteiger partial charge in [-0.3, -0.25) is 0 Å². The molecule has 1 aliphatic rings. The molecule has 0 radical (unpaired) electrons. The van der Waals surface area contributed by atoms with Crippen molar-refractivity contribution in [3.63, 3.8) is 0 Å². The molecule has 138 valence electrons. The SMILES string of the molecule is CCCCCCCCC(C)(CC)C(C)(CC)OC1COCCO1. The van der Waals surface area contributed by atoms with Crippen LogP contribution in [0.5, 0.6) is 0 Å². The van der Waals surface area contributed by atoms with E-state index in [0.717, 1.165) is 12.8 Å². The van der Waals surface area contributed by atoms with Crippen molar-refractivity contribution in [2.45, 2.75) is 104 Å². The Bertz CT molecular complexity index is 301. The maximum absolute atomic E-state index is 6.43. The predicted octanol–water partition coefficient (Wildman–Crippen LogP) is 5.71. The highest BCUT2D eigenvalue weighted by atomic mass is 16.7. The monoisotopic (exact) mass is 328 g/mol. The molecule has 3 unspecified atom stereocenters. The summed E-state index contributed by atoms with van der Waals surface area (Å²) in [6, 6.07) is 0. The average Bonchev–Trinajstić information content (AvgIpc) is 2.58. The first-order chi connectivity index (χ1) is 11.0. The van der Waals surface area contributed by atoms with E-state index < -0.39 is 0 Å². The van der Waals surface area contributed by atoms with Crippen molar-refractivity contribution in [1.29, 1.82) is 0 Å². The minimum Gasteiger partial charge on any atom is -0.374 e. The summed E-state index contributed by atoms with van der Waals surface area (Å²) in [4.78, 5) is 0. The van der Waals surface area contributed by atoms with E-state index in [1.54, 1.807) is 0 Å². The Morgan fingerprint density at radius 1 is 0.913 bits per heavy atom. The Labute approximate surface area is 144 Å². The van der Waals surface area contributed by atoms with Gasteiger partial charge >= 0.3 is 0 Å². The smallest absolute Gasteiger partial charge is 0.181 e. The lowest BCUT2D eigenvalue weighted by Gasteiger charge is -2.48. The fourth-order valence-electron chi connectivity index (χ4n) is 3.59. The van der Waals surface area contributed by atoms with Crippen LogP contribution in [-0.2, 0) is 14.2 Å². The van der Waals surface area contributed by atoms with Gasteiger partial charge in [-0.2, -0.15) is 0 Å². The Morgan fingerprint density at radius 3 is 2.17 bits per heavy atom. The topological polar surface area (TPSA) is 27.7 Å². The quantitative estimate of drug-likeness (QED) is 0.429. The summed E-state index contributed by atoms with van der Waals surface area (Å²) in [5, 5.41) is 0. The molecule has 0 N–H and O–H groups in total. The minimum atomic E-state index is -0.205. The molecule has 1 heterocycles. The van der Waals surface area contributed by atoms with Gasteiger partial charge in [0, 0.05) is 0 Å². The molecule has 1 rings (SSSR count). The Kier molecular flexibility index (Phi) is 9.72. The summed E-state index contributed by atoms with van der Waals surface area (Å²) in [5.41, 5.74) is 0.0316. The van der Waals surface area contributed by atoms with Crippen LogP contribution in [0.15, 0.2) is 0 Å². The van der Waals surface area contributed by atoms with E-state index >= 15 is 0 Å². The normalized spacial score (nSPS) is 24.1. The number of hydrogen-bond donors (Lipinski definition) is 0. The molecule has 1 saturated heterocycles. The molecule has 0 saturated carbocycles. The highest BCUT2D eigenvalue weighted by molar-refractivity contribution is 4.93. The van der Waals surface area contributed by atoms with Gasteiger partial charge in [-0.05, 0) is 31.6 Å². The fourth-order valence-corrected chi connectivity index (χ4v) is 3.59. The van der Waals surface area contributed by atoms with E-state index in [4.69, 9.17) is 14.2 Å². The molecule has 0 aromatic heterocycles. The maximum atomic E-state index is 6.43. The van der Waals surface area contributed by atoms with Crippen molar-refractivity contribution in [3.8, 4) is 0 Å². The first-order valence-electron chi connectivity index (χ1n) is 9.88. The van der Waals surface area contributed by atoms with Gasteiger partial charge in [-0.25, -0.2) is 0 Å². The Hall–Kier alpha value is -0.120. The number of rotatable bonds is 12. The third kappa shape index (κ3) is 6.36. The van der Waals surface area contributed by atoms with E-state index in [2.05, 4.69) is 34.6 Å². The second-order valence-corrected chi connectivity index (χ2v) is 7.51. The summed E-state index contributed by atoms with van der Waals surface area (Å²) < 4.78 is 17.7. The van der Waals surface area contributed by atoms with Crippen LogP contribution < -0.4 is 0 Å². The van der Waals surface area contributed by atoms with E-state index in [1.165, 1.54) is 44.9 Å². The average molecular weight is 329 g/mol. The van der Waals surface area contributed by atoms with Gasteiger partial charge in [-0.1, -0.05) is 66.2 Å². The molecule has 0 aliphatic carbocycles. The standard InChI is InChI=1S/C20H40O3/c1-6-9-10-11-12-13-14-19(4,7-2)20(5,8-3)23-18-17-21-15-16-22-18/h18H,6-17H2,1-5H3. The van der Waals surface area contributed by atoms with E-state index in [1.807, 2.05) is 0 Å². The third-order valence-electron chi connectivity index (χ3n) is 5.99. The molecule has 0 aromatic rings. The van der Waals surface area contributed by atoms with Crippen LogP contribution in [0, 0.1) is 5.41 Å². The number of ether oxygens (including phenoxy) is 3. The van der Waals surface area contributed by atoms with Crippen LogP contribution in [-0.4, -0.2) is 31.7 Å². The molecule has 23 heavy (non-hydrogen) atoms. The van der Waals surface area contributed by atoms with Gasteiger partial charge in [0.15, 0.2) is 6.29 Å². The molecule has 1 fully saturated rings. The summed E-state index contributed by atoms with van der Waals surface area (Å²) in [6.45, 7) is 13.4. The number of hydrogen-bond acceptors (Lipinski definition) is 3. The Balaban J connectivity index is 2.53. The first kappa shape index (κ1) is 20.9. The molecular formula is C20H40O3. The molecule has 0 spiro atoms. The summed E-state index contributed by atoms with van der Waals surface area (Å²) in [6.07, 6.45) is 11.3. The van der Waals surface area contributed by atoms with Gasteiger partial charge in [0.25, 0.3) is 0 Å². The first-order valence-corrected chi connectivity index (χ1v) is 9.88. The van der Waals surface area contributed by atoms with Crippen molar-refractivity contribution in [2.75, 3.05) is 19.8 Å². The van der Waals surface area contributed by atoms with Crippen LogP contribution in [0.2, 0.25) is 0 Å². The van der Waals surface area contributed by atoms with Crippen LogP contribution >= 0.6 is 0 Å². The third-order valence-corrected chi connectivity index (χ3v) is 5.99. The molecule has 0 aromatic carbocycles. The van der Waals surface area contributed by atoms with Crippen LogP contribution in [0.25, 0.3) is 0 Å². The molecule has 3 atom stereocenters. The van der Waals surface area contributed by atoms with Gasteiger partial charge < -0.3 is 14.2 Å². The lowest BCUT2D eigenvalue weighted by molar-refractivity contribution is -0.279. The summed E-state index contributed by atoms with van der Waals surface area (Å²) >= 11 is 0. The molecule has 0 bridgehead atoms. The van der Waals surface area contributed by atoms with E-state index in [0.29, 0.717) is 19.8 Å². The number of unbranched alkanes of at least 4 members (excludes halogenated alkanes) is 5. The summed E-state index contributed by atoms with van der Waals surface area (Å²) in [7, 11) is 0. The molecular weight excluding hydrogens is 288 g/mol. The van der Waals surface area contributed by atoms with E-state index in [9.17, 15) is 0 Å². The lowest BCUT2D eigenvalue weighted by atomic mass is 9.67. The van der Waals surface area contributed by atoms with Crippen molar-refractivity contribution in [3.05, 3.63) is 0 Å². The van der Waals surface area contributed by atoms with Crippen molar-refractivity contribution in [1.82, 2.24) is 0 Å². The second kappa shape index (κ2) is 10.7. The maximum Gasteiger partial charge on any atom is 0.181 e. The van der Waals surface area contributed by atoms with Crippen LogP contribution in [0.4, 0.5) is 0 Å². The zero-order valence-corrected chi connectivity index (χ0v) is 16.3. The largest absolute Gasteiger partial charge is 0.374 e. The van der Waals surface area contributed by atoms with Crippen molar-refractivity contribution >= 4 is 0 Å². The highest BCUT2D eigenvalue weighted by Crippen LogP contribution is 2.45. The van der Waals surface area contributed by atoms with Crippen molar-refractivity contribution < 1.29 is 14.2 Å². The Morgan fingerprint density at radius 2 is 1.61 bits per heavy atom. The van der Waals surface area contributed by atoms with Crippen LogP contribution in [0.3, 0.4) is 0 Å². The van der Waals surface area contributed by atoms with Gasteiger partial charge in [0.05, 0.1) is 25.4 Å². The van der Waals surface area contributed by atoms with Gasteiger partial charge in [0.1, 0.15) is 0 Å². The molecule has 3 nitrogen and oxygen atoms in total. The molecule has 3 heteroatoms. The second-order valence-electron chi connectivity index (χ2n) is 7.51. The predicted molar refractivity (Wildman–Crippen MR) is 96.7 cm³/mol. The summed E-state index contributed by atoms with van der Waals surface area (Å²) in [5.74, 6) is 0.